The first kappa shape index (κ1) is 11.6. The molecule has 0 atom stereocenters. The fraction of sp³-hybridized carbons (Fsp3) is 0.200. The Bertz CT molecular complexity index is 580. The molecule has 17 heavy (non-hydrogen) atoms. The van der Waals surface area contributed by atoms with Gasteiger partial charge in [0.05, 0.1) is 5.69 Å². The van der Waals surface area contributed by atoms with Crippen molar-refractivity contribution < 1.29 is 13.2 Å². The molecule has 0 spiro atoms. The highest BCUT2D eigenvalue weighted by Crippen LogP contribution is 2.28. The second kappa shape index (κ2) is 4.17. The van der Waals surface area contributed by atoms with Crippen LogP contribution in [0.5, 0.6) is 0 Å². The van der Waals surface area contributed by atoms with Gasteiger partial charge in [-0.05, 0) is 12.1 Å². The van der Waals surface area contributed by atoms with Crippen LogP contribution < -0.4 is 10.6 Å². The van der Waals surface area contributed by atoms with Gasteiger partial charge in [0.1, 0.15) is 11.2 Å². The zero-order chi connectivity index (χ0) is 12.5. The third-order valence-electron chi connectivity index (χ3n) is 2.38. The van der Waals surface area contributed by atoms with Gasteiger partial charge in [-0.15, -0.1) is 4.40 Å². The zero-order valence-electron chi connectivity index (χ0n) is 8.91. The molecular weight excluding hydrogens is 242 g/mol. The molecule has 0 bridgehead atoms. The number of sulfonamides is 1. The number of anilines is 1. The van der Waals surface area contributed by atoms with E-state index in [4.69, 9.17) is 5.73 Å². The normalized spacial score (nSPS) is 16.6. The number of benzene rings is 1. The van der Waals surface area contributed by atoms with Crippen molar-refractivity contribution in [3.8, 4) is 0 Å². The summed E-state index contributed by atoms with van der Waals surface area (Å²) in [4.78, 5) is 12.5. The molecule has 1 heterocycles. The molecule has 0 saturated carbocycles. The van der Waals surface area contributed by atoms with Crippen LogP contribution in [-0.4, -0.2) is 27.2 Å². The van der Waals surface area contributed by atoms with Crippen LogP contribution in [0, 0.1) is 0 Å². The summed E-state index contributed by atoms with van der Waals surface area (Å²) >= 11 is 0. The number of amides is 1. The summed E-state index contributed by atoms with van der Waals surface area (Å²) < 4.78 is 26.8. The van der Waals surface area contributed by atoms with E-state index < -0.39 is 15.9 Å². The van der Waals surface area contributed by atoms with Gasteiger partial charge in [-0.1, -0.05) is 12.1 Å². The second-order valence-corrected chi connectivity index (χ2v) is 5.17. The molecule has 0 radical (unpaired) electrons. The van der Waals surface area contributed by atoms with E-state index in [1.807, 2.05) is 0 Å². The average Bonchev–Trinajstić information content (AvgIpc) is 2.28. The molecule has 0 unspecified atom stereocenters. The van der Waals surface area contributed by atoms with Crippen molar-refractivity contribution in [1.82, 2.24) is 0 Å². The van der Waals surface area contributed by atoms with E-state index in [0.29, 0.717) is 12.2 Å². The minimum atomic E-state index is -3.60. The first-order valence-electron chi connectivity index (χ1n) is 4.95. The van der Waals surface area contributed by atoms with Crippen LogP contribution in [0.3, 0.4) is 0 Å². The lowest BCUT2D eigenvalue weighted by Gasteiger charge is -2.24. The first-order valence-corrected chi connectivity index (χ1v) is 6.39. The Morgan fingerprint density at radius 1 is 1.35 bits per heavy atom. The van der Waals surface area contributed by atoms with Crippen molar-refractivity contribution in [2.75, 3.05) is 11.4 Å². The number of nitrogens with zero attached hydrogens (tertiary/aromatic N) is 2. The van der Waals surface area contributed by atoms with Gasteiger partial charge >= 0.3 is 0 Å². The molecule has 0 aromatic heterocycles. The van der Waals surface area contributed by atoms with Gasteiger partial charge in [0.25, 0.3) is 10.0 Å². The van der Waals surface area contributed by atoms with Crippen LogP contribution >= 0.6 is 0 Å². The molecule has 1 aromatic carbocycles. The Kier molecular flexibility index (Phi) is 2.84. The molecule has 0 saturated heterocycles. The number of fused-ring (bicyclic) bond motifs is 1. The number of carbonyl (C=O) groups excluding carboxylic acids is 1. The van der Waals surface area contributed by atoms with Crippen LogP contribution in [0.1, 0.15) is 6.42 Å². The van der Waals surface area contributed by atoms with Gasteiger partial charge in [-0.3, -0.25) is 4.79 Å². The van der Waals surface area contributed by atoms with Crippen LogP contribution in [0.15, 0.2) is 33.6 Å². The van der Waals surface area contributed by atoms with Crippen LogP contribution in [0.4, 0.5) is 5.69 Å². The lowest BCUT2D eigenvalue weighted by Crippen LogP contribution is -2.30. The van der Waals surface area contributed by atoms with Crippen molar-refractivity contribution in [2.45, 2.75) is 11.3 Å². The molecule has 1 aliphatic heterocycles. The fourth-order valence-electron chi connectivity index (χ4n) is 1.56. The minimum absolute atomic E-state index is 0.139. The molecule has 6 nitrogen and oxygen atoms in total. The number of primary amides is 1. The van der Waals surface area contributed by atoms with Crippen LogP contribution in [0.2, 0.25) is 0 Å². The van der Waals surface area contributed by atoms with Gasteiger partial charge in [-0.25, -0.2) is 0 Å². The van der Waals surface area contributed by atoms with Crippen molar-refractivity contribution >= 4 is 28.0 Å². The van der Waals surface area contributed by atoms with Gasteiger partial charge in [-0.2, -0.15) is 8.42 Å². The molecule has 2 N–H and O–H groups in total. The zero-order valence-corrected chi connectivity index (χ0v) is 9.72. The van der Waals surface area contributed by atoms with E-state index >= 15 is 0 Å². The number of hydrogen-bond acceptors (Lipinski definition) is 4. The summed E-state index contributed by atoms with van der Waals surface area (Å²) in [5.74, 6) is -0.440. The molecule has 0 fully saturated rings. The molecule has 7 heteroatoms. The Morgan fingerprint density at radius 3 is 2.76 bits per heavy atom. The van der Waals surface area contributed by atoms with E-state index in [-0.39, 0.29) is 11.3 Å². The van der Waals surface area contributed by atoms with Gasteiger partial charge in [0, 0.05) is 13.0 Å². The second-order valence-electron chi connectivity index (χ2n) is 3.57. The topological polar surface area (TPSA) is 92.8 Å². The standard InChI is InChI=1S/C10H11N3O3S/c11-10(14)5-6-13-7-12-17(15,16)9-4-2-1-3-8(9)13/h1-4,7H,5-6H2,(H2,11,14). The molecular formula is C10H11N3O3S. The highest BCUT2D eigenvalue weighted by Gasteiger charge is 2.24. The van der Waals surface area contributed by atoms with Gasteiger partial charge in [0.15, 0.2) is 0 Å². The van der Waals surface area contributed by atoms with Crippen LogP contribution in [0.25, 0.3) is 0 Å². The smallest absolute Gasteiger partial charge is 0.285 e. The molecule has 0 aliphatic carbocycles. The van der Waals surface area contributed by atoms with Crippen molar-refractivity contribution in [2.24, 2.45) is 10.1 Å². The maximum Gasteiger partial charge on any atom is 0.285 e. The number of nitrogens with two attached hydrogens (primary N) is 1. The highest BCUT2D eigenvalue weighted by atomic mass is 32.2. The van der Waals surface area contributed by atoms with E-state index in [0.717, 1.165) is 0 Å². The Labute approximate surface area is 98.8 Å². The van der Waals surface area contributed by atoms with Crippen molar-refractivity contribution in [3.05, 3.63) is 24.3 Å². The number of rotatable bonds is 3. The summed E-state index contributed by atoms with van der Waals surface area (Å²) in [7, 11) is -3.60. The Balaban J connectivity index is 2.37. The molecule has 1 aliphatic rings. The van der Waals surface area contributed by atoms with Crippen molar-refractivity contribution in [3.63, 3.8) is 0 Å². The number of para-hydroxylation sites is 1. The molecule has 1 aromatic rings. The Morgan fingerprint density at radius 2 is 2.06 bits per heavy atom. The van der Waals surface area contributed by atoms with Gasteiger partial charge < -0.3 is 10.6 Å². The lowest BCUT2D eigenvalue weighted by molar-refractivity contribution is -0.117. The summed E-state index contributed by atoms with van der Waals surface area (Å²) in [6.07, 6.45) is 1.35. The SMILES string of the molecule is NC(=O)CCN1C=NS(=O)(=O)c2ccccc21. The number of carbonyl (C=O) groups is 1. The maximum atomic E-state index is 11.6. The summed E-state index contributed by atoms with van der Waals surface area (Å²) in [6, 6.07) is 6.51. The summed E-state index contributed by atoms with van der Waals surface area (Å²) in [5.41, 5.74) is 5.57. The van der Waals surface area contributed by atoms with E-state index in [1.165, 1.54) is 12.4 Å². The van der Waals surface area contributed by atoms with Gasteiger partial charge in [0.2, 0.25) is 5.91 Å². The van der Waals surface area contributed by atoms with Crippen molar-refractivity contribution in [1.29, 1.82) is 0 Å². The monoisotopic (exact) mass is 253 g/mol. The quantitative estimate of drug-likeness (QED) is 0.826. The lowest BCUT2D eigenvalue weighted by atomic mass is 10.2. The van der Waals surface area contributed by atoms with E-state index in [1.54, 1.807) is 23.1 Å². The Hall–Kier alpha value is -1.89. The predicted octanol–water partition coefficient (Wildman–Crippen LogP) is 0.0990. The van der Waals surface area contributed by atoms with Crippen LogP contribution in [-0.2, 0) is 14.8 Å². The molecule has 2 rings (SSSR count). The molecule has 90 valence electrons. The third-order valence-corrected chi connectivity index (χ3v) is 3.65. The highest BCUT2D eigenvalue weighted by molar-refractivity contribution is 7.90. The predicted molar refractivity (Wildman–Crippen MR) is 63.3 cm³/mol. The minimum Gasteiger partial charge on any atom is -0.370 e. The fourth-order valence-corrected chi connectivity index (χ4v) is 2.61. The largest absolute Gasteiger partial charge is 0.370 e. The third kappa shape index (κ3) is 2.28. The van der Waals surface area contributed by atoms with E-state index in [2.05, 4.69) is 4.40 Å². The number of hydrogen-bond donors (Lipinski definition) is 1. The van der Waals surface area contributed by atoms with E-state index in [9.17, 15) is 13.2 Å². The summed E-state index contributed by atoms with van der Waals surface area (Å²) in [6.45, 7) is 0.311. The first-order chi connectivity index (χ1) is 8.00. The molecule has 1 amide bonds. The maximum absolute atomic E-state index is 11.6. The summed E-state index contributed by atoms with van der Waals surface area (Å²) in [5, 5.41) is 0. The average molecular weight is 253 g/mol.